The molecule has 0 radical (unpaired) electrons. The van der Waals surface area contributed by atoms with Gasteiger partial charge in [0, 0.05) is 5.39 Å². The molecule has 192 valence electrons. The first-order valence-corrected chi connectivity index (χ1v) is 14.1. The minimum absolute atomic E-state index is 0.0359. The molecule has 0 bridgehead atoms. The maximum absolute atomic E-state index is 12.7. The zero-order valence-corrected chi connectivity index (χ0v) is 22.0. The number of carbonyl (C=O) groups excluding carboxylic acids is 1. The number of benzene rings is 3. The SMILES string of the molecule is COc1cc(C2CC2)c2ccccc2c1-n1c(N)nnc1SCC(=O)Nc1ccc(S(N)(=O)=O)cc1Cl. The maximum Gasteiger partial charge on any atom is 0.238 e. The minimum atomic E-state index is -3.91. The highest BCUT2D eigenvalue weighted by Gasteiger charge is 2.29. The summed E-state index contributed by atoms with van der Waals surface area (Å²) in [5.74, 6) is 0.886. The number of fused-ring (bicyclic) bond motifs is 1. The molecule has 5 rings (SSSR count). The Hall–Kier alpha value is -3.32. The van der Waals surface area contributed by atoms with Crippen molar-refractivity contribution in [2.45, 2.75) is 28.8 Å². The molecule has 0 saturated heterocycles. The number of anilines is 2. The van der Waals surface area contributed by atoms with E-state index in [-0.39, 0.29) is 33.2 Å². The standard InChI is InChI=1S/C24H23ClN6O4S2/c1-35-20-11-17(13-6-7-13)15-4-2-3-5-16(15)22(20)31-23(26)29-30-24(31)36-12-21(32)28-19-9-8-14(10-18(19)25)37(27,33)34/h2-5,8-11,13H,6-7,12H2,1H3,(H2,26,29)(H,28,32)(H2,27,33,34). The highest BCUT2D eigenvalue weighted by atomic mass is 35.5. The van der Waals surface area contributed by atoms with Crippen LogP contribution in [0, 0.1) is 0 Å². The number of hydrogen-bond acceptors (Lipinski definition) is 8. The first-order chi connectivity index (χ1) is 17.7. The van der Waals surface area contributed by atoms with Crippen LogP contribution in [0.5, 0.6) is 5.75 Å². The molecule has 10 nitrogen and oxygen atoms in total. The Morgan fingerprint density at radius 1 is 1.19 bits per heavy atom. The summed E-state index contributed by atoms with van der Waals surface area (Å²) in [6.45, 7) is 0. The molecule has 1 heterocycles. The number of nitrogens with one attached hydrogen (secondary N) is 1. The Morgan fingerprint density at radius 2 is 1.92 bits per heavy atom. The molecule has 37 heavy (non-hydrogen) atoms. The molecule has 1 aromatic heterocycles. The monoisotopic (exact) mass is 558 g/mol. The quantitative estimate of drug-likeness (QED) is 0.275. The normalized spacial score (nSPS) is 13.6. The van der Waals surface area contributed by atoms with Crippen LogP contribution in [-0.4, -0.2) is 42.0 Å². The third-order valence-corrected chi connectivity index (χ3v) is 8.16. The van der Waals surface area contributed by atoms with E-state index in [0.717, 1.165) is 35.4 Å². The van der Waals surface area contributed by atoms with Crippen LogP contribution in [0.3, 0.4) is 0 Å². The van der Waals surface area contributed by atoms with Crippen molar-refractivity contribution in [1.82, 2.24) is 14.8 Å². The predicted octanol–water partition coefficient (Wildman–Crippen LogP) is 3.92. The summed E-state index contributed by atoms with van der Waals surface area (Å²) in [6.07, 6.45) is 2.29. The Labute approximate surface area is 222 Å². The van der Waals surface area contributed by atoms with Crippen molar-refractivity contribution in [2.24, 2.45) is 5.14 Å². The Kier molecular flexibility index (Phi) is 6.75. The van der Waals surface area contributed by atoms with Crippen LogP contribution in [0.2, 0.25) is 5.02 Å². The molecule has 1 fully saturated rings. The number of primary sulfonamides is 1. The number of carbonyl (C=O) groups is 1. The van der Waals surface area contributed by atoms with Crippen LogP contribution in [-0.2, 0) is 14.8 Å². The van der Waals surface area contributed by atoms with Crippen LogP contribution in [0.25, 0.3) is 16.5 Å². The molecule has 0 atom stereocenters. The second-order valence-corrected chi connectivity index (χ2v) is 11.4. The molecular formula is C24H23ClN6O4S2. The van der Waals surface area contributed by atoms with Gasteiger partial charge in [0.25, 0.3) is 0 Å². The number of aromatic nitrogens is 3. The fourth-order valence-electron chi connectivity index (χ4n) is 4.16. The van der Waals surface area contributed by atoms with E-state index in [9.17, 15) is 13.2 Å². The molecule has 1 aliphatic carbocycles. The number of thioether (sulfide) groups is 1. The second-order valence-electron chi connectivity index (χ2n) is 8.54. The number of nitrogens with two attached hydrogens (primary N) is 2. The van der Waals surface area contributed by atoms with Gasteiger partial charge < -0.3 is 15.8 Å². The van der Waals surface area contributed by atoms with E-state index in [4.69, 9.17) is 27.2 Å². The molecule has 1 aliphatic rings. The van der Waals surface area contributed by atoms with Crippen LogP contribution in [0.1, 0.15) is 24.3 Å². The van der Waals surface area contributed by atoms with Gasteiger partial charge in [0.1, 0.15) is 11.4 Å². The van der Waals surface area contributed by atoms with Crippen molar-refractivity contribution in [3.05, 3.63) is 59.1 Å². The van der Waals surface area contributed by atoms with E-state index >= 15 is 0 Å². The van der Waals surface area contributed by atoms with Crippen molar-refractivity contribution in [3.8, 4) is 11.4 Å². The Morgan fingerprint density at radius 3 is 2.57 bits per heavy atom. The molecule has 3 aromatic carbocycles. The van der Waals surface area contributed by atoms with Crippen molar-refractivity contribution < 1.29 is 17.9 Å². The van der Waals surface area contributed by atoms with E-state index in [1.165, 1.54) is 23.8 Å². The third kappa shape index (κ3) is 5.10. The highest BCUT2D eigenvalue weighted by molar-refractivity contribution is 7.99. The molecule has 0 spiro atoms. The van der Waals surface area contributed by atoms with Gasteiger partial charge in [0.15, 0.2) is 5.16 Å². The predicted molar refractivity (Wildman–Crippen MR) is 144 cm³/mol. The van der Waals surface area contributed by atoms with E-state index in [1.54, 1.807) is 11.7 Å². The average Bonchev–Trinajstić information content (AvgIpc) is 3.65. The van der Waals surface area contributed by atoms with Gasteiger partial charge in [-0.15, -0.1) is 10.2 Å². The van der Waals surface area contributed by atoms with Crippen LogP contribution in [0.15, 0.2) is 58.6 Å². The van der Waals surface area contributed by atoms with Gasteiger partial charge in [-0.3, -0.25) is 9.36 Å². The van der Waals surface area contributed by atoms with Gasteiger partial charge in [0.2, 0.25) is 21.9 Å². The lowest BCUT2D eigenvalue weighted by Crippen LogP contribution is -2.16. The minimum Gasteiger partial charge on any atom is -0.495 e. The number of rotatable bonds is 8. The highest BCUT2D eigenvalue weighted by Crippen LogP contribution is 2.47. The van der Waals surface area contributed by atoms with Crippen molar-refractivity contribution in [2.75, 3.05) is 23.9 Å². The number of sulfonamides is 1. The molecule has 0 aliphatic heterocycles. The van der Waals surface area contributed by atoms with Gasteiger partial charge in [-0.1, -0.05) is 47.6 Å². The summed E-state index contributed by atoms with van der Waals surface area (Å²) >= 11 is 7.27. The molecule has 0 unspecified atom stereocenters. The first kappa shape index (κ1) is 25.3. The zero-order valence-electron chi connectivity index (χ0n) is 19.6. The smallest absolute Gasteiger partial charge is 0.238 e. The topological polar surface area (TPSA) is 155 Å². The Bertz CT molecular complexity index is 1640. The lowest BCUT2D eigenvalue weighted by molar-refractivity contribution is -0.113. The lowest BCUT2D eigenvalue weighted by Gasteiger charge is -2.18. The van der Waals surface area contributed by atoms with E-state index in [1.807, 2.05) is 24.3 Å². The molecule has 1 amide bonds. The molecule has 13 heteroatoms. The summed E-state index contributed by atoms with van der Waals surface area (Å²) in [7, 11) is -2.31. The third-order valence-electron chi connectivity index (χ3n) is 6.01. The van der Waals surface area contributed by atoms with Crippen LogP contribution in [0.4, 0.5) is 11.6 Å². The zero-order chi connectivity index (χ0) is 26.3. The van der Waals surface area contributed by atoms with Crippen molar-refractivity contribution in [3.63, 3.8) is 0 Å². The molecule has 4 aromatic rings. The number of methoxy groups -OCH3 is 1. The first-order valence-electron chi connectivity index (χ1n) is 11.2. The molecule has 1 saturated carbocycles. The van der Waals surface area contributed by atoms with Gasteiger partial charge in [-0.2, -0.15) is 0 Å². The van der Waals surface area contributed by atoms with E-state index < -0.39 is 10.0 Å². The van der Waals surface area contributed by atoms with Crippen LogP contribution >= 0.6 is 23.4 Å². The number of hydrogen-bond donors (Lipinski definition) is 3. The Balaban J connectivity index is 1.43. The summed E-state index contributed by atoms with van der Waals surface area (Å²) in [5, 5.41) is 18.5. The molecular weight excluding hydrogens is 536 g/mol. The number of amides is 1. The maximum atomic E-state index is 12.7. The summed E-state index contributed by atoms with van der Waals surface area (Å²) in [5.41, 5.74) is 8.44. The lowest BCUT2D eigenvalue weighted by atomic mass is 9.98. The van der Waals surface area contributed by atoms with E-state index in [2.05, 4.69) is 21.6 Å². The summed E-state index contributed by atoms with van der Waals surface area (Å²) < 4.78 is 30.5. The van der Waals surface area contributed by atoms with Crippen molar-refractivity contribution in [1.29, 1.82) is 0 Å². The average molecular weight is 559 g/mol. The largest absolute Gasteiger partial charge is 0.495 e. The second kappa shape index (κ2) is 9.86. The molecule has 5 N–H and O–H groups in total. The van der Waals surface area contributed by atoms with Gasteiger partial charge >= 0.3 is 0 Å². The summed E-state index contributed by atoms with van der Waals surface area (Å²) in [6, 6.07) is 13.9. The number of halogens is 1. The van der Waals surface area contributed by atoms with Gasteiger partial charge in [-0.25, -0.2) is 13.6 Å². The number of nitrogen functional groups attached to an aromatic ring is 1. The van der Waals surface area contributed by atoms with Crippen molar-refractivity contribution >= 4 is 61.7 Å². The number of ether oxygens (including phenoxy) is 1. The van der Waals surface area contributed by atoms with E-state index in [0.29, 0.717) is 22.5 Å². The number of nitrogens with zero attached hydrogens (tertiary/aromatic N) is 3. The summed E-state index contributed by atoms with van der Waals surface area (Å²) in [4.78, 5) is 12.5. The van der Waals surface area contributed by atoms with Gasteiger partial charge in [-0.05, 0) is 54.0 Å². The fraction of sp³-hybridized carbons (Fsp3) is 0.208. The van der Waals surface area contributed by atoms with Gasteiger partial charge in [0.05, 0.1) is 28.5 Å². The van der Waals surface area contributed by atoms with Crippen LogP contribution < -0.4 is 20.9 Å². The fourth-order valence-corrected chi connectivity index (χ4v) is 5.73.